The molecule has 0 saturated heterocycles. The van der Waals surface area contributed by atoms with Crippen LogP contribution in [-0.4, -0.2) is 107 Å². The lowest BCUT2D eigenvalue weighted by Gasteiger charge is -2.25. The van der Waals surface area contributed by atoms with E-state index in [0.717, 1.165) is 38.5 Å². The Hall–Kier alpha value is -2.78. The van der Waals surface area contributed by atoms with Crippen molar-refractivity contribution in [1.29, 1.82) is 0 Å². The van der Waals surface area contributed by atoms with E-state index < -0.39 is 54.9 Å². The van der Waals surface area contributed by atoms with Gasteiger partial charge in [-0.15, -0.1) is 0 Å². The van der Waals surface area contributed by atoms with E-state index in [-0.39, 0.29) is 6.54 Å². The molecule has 0 heterocycles. The van der Waals surface area contributed by atoms with Gasteiger partial charge in [0, 0.05) is 32.2 Å². The number of unbranched alkanes of at least 4 members (excludes halogenated alkanes) is 5. The number of allylic oxidation sites excluding steroid dienone is 1. The second-order valence-electron chi connectivity index (χ2n) is 9.89. The van der Waals surface area contributed by atoms with Gasteiger partial charge in [-0.25, -0.2) is 0 Å². The van der Waals surface area contributed by atoms with Gasteiger partial charge in [0.2, 0.25) is 0 Å². The molecule has 0 aromatic carbocycles. The monoisotopic (exact) mass is 657 g/mol. The van der Waals surface area contributed by atoms with Crippen molar-refractivity contribution in [2.24, 2.45) is 0 Å². The third-order valence-electron chi connectivity index (χ3n) is 5.22. The Morgan fingerprint density at radius 1 is 0.556 bits per heavy atom. The van der Waals surface area contributed by atoms with Gasteiger partial charge in [0.05, 0.1) is 12.7 Å². The quantitative estimate of drug-likeness (QED) is 0.0794. The van der Waals surface area contributed by atoms with E-state index in [1.807, 2.05) is 33.8 Å². The molecule has 0 saturated carbocycles. The number of aliphatic carboxylic acids is 4. The molecule has 0 rings (SSSR count). The Labute approximate surface area is 268 Å². The van der Waals surface area contributed by atoms with Crippen LogP contribution in [0.5, 0.6) is 0 Å². The average Bonchev–Trinajstić information content (AvgIpc) is 2.96. The van der Waals surface area contributed by atoms with Gasteiger partial charge < -0.3 is 51.3 Å². The first-order chi connectivity index (χ1) is 21.1. The summed E-state index contributed by atoms with van der Waals surface area (Å²) in [5.74, 6) is -2.84. The highest BCUT2D eigenvalue weighted by atomic mass is 16.4. The topological polar surface area (TPSA) is 262 Å². The van der Waals surface area contributed by atoms with Gasteiger partial charge in [-0.2, -0.15) is 0 Å². The van der Waals surface area contributed by atoms with E-state index in [4.69, 9.17) is 25.5 Å². The number of carboxylic acid groups (broad SMARTS) is 4. The first kappa shape index (κ1) is 51.8. The number of aliphatic hydroxyl groups is 5. The summed E-state index contributed by atoms with van der Waals surface area (Å²) in [5, 5.41) is 81.0. The van der Waals surface area contributed by atoms with E-state index in [0.29, 0.717) is 25.7 Å². The predicted molar refractivity (Wildman–Crippen MR) is 172 cm³/mol. The maximum absolute atomic E-state index is 9.63. The number of rotatable bonds is 21. The minimum atomic E-state index is -1.57. The van der Waals surface area contributed by atoms with Crippen LogP contribution < -0.4 is 5.32 Å². The minimum Gasteiger partial charge on any atom is -0.481 e. The first-order valence-electron chi connectivity index (χ1n) is 15.7. The molecule has 4 atom stereocenters. The van der Waals surface area contributed by atoms with Crippen LogP contribution in [0.3, 0.4) is 0 Å². The summed E-state index contributed by atoms with van der Waals surface area (Å²) in [7, 11) is 0. The lowest BCUT2D eigenvalue weighted by atomic mass is 10.0. The molecule has 0 aliphatic heterocycles. The summed E-state index contributed by atoms with van der Waals surface area (Å²) in [4.78, 5) is 38.4. The second-order valence-corrected chi connectivity index (χ2v) is 9.89. The fourth-order valence-corrected chi connectivity index (χ4v) is 2.76. The fourth-order valence-electron chi connectivity index (χ4n) is 2.76. The molecule has 0 unspecified atom stereocenters. The van der Waals surface area contributed by atoms with Crippen molar-refractivity contribution >= 4 is 23.9 Å². The highest BCUT2D eigenvalue weighted by Gasteiger charge is 2.29. The molecule has 0 aliphatic carbocycles. The first-order valence-corrected chi connectivity index (χ1v) is 15.7. The number of hydrogen-bond donors (Lipinski definition) is 10. The normalized spacial score (nSPS) is 12.6. The Morgan fingerprint density at radius 3 is 1.20 bits per heavy atom. The largest absolute Gasteiger partial charge is 0.481 e. The predicted octanol–water partition coefficient (Wildman–Crippen LogP) is 3.37. The van der Waals surface area contributed by atoms with Gasteiger partial charge in [-0.1, -0.05) is 66.4 Å². The van der Waals surface area contributed by atoms with Crippen LogP contribution >= 0.6 is 0 Å². The Kier molecular flexibility index (Phi) is 47.4. The third kappa shape index (κ3) is 54.1. The number of aliphatic hydroxyl groups excluding tert-OH is 5. The van der Waals surface area contributed by atoms with E-state index >= 15 is 0 Å². The average molecular weight is 658 g/mol. The molecule has 0 spiro atoms. The molecule has 0 aromatic rings. The Balaban J connectivity index is -0.000000179. The lowest BCUT2D eigenvalue weighted by molar-refractivity contribution is -0.138. The van der Waals surface area contributed by atoms with E-state index in [1.54, 1.807) is 6.20 Å². The molecule has 45 heavy (non-hydrogen) atoms. The van der Waals surface area contributed by atoms with Crippen molar-refractivity contribution in [3.05, 3.63) is 12.3 Å². The highest BCUT2D eigenvalue weighted by molar-refractivity contribution is 5.67. The van der Waals surface area contributed by atoms with Gasteiger partial charge in [0.1, 0.15) is 18.3 Å². The summed E-state index contributed by atoms with van der Waals surface area (Å²) in [6.45, 7) is 8.93. The molecule has 0 fully saturated rings. The smallest absolute Gasteiger partial charge is 0.303 e. The van der Waals surface area contributed by atoms with Gasteiger partial charge in [-0.05, 0) is 44.7 Å². The third-order valence-corrected chi connectivity index (χ3v) is 5.22. The van der Waals surface area contributed by atoms with Gasteiger partial charge in [0.15, 0.2) is 0 Å². The summed E-state index contributed by atoms with van der Waals surface area (Å²) < 4.78 is 0. The molecule has 0 bridgehead atoms. The maximum Gasteiger partial charge on any atom is 0.303 e. The van der Waals surface area contributed by atoms with Crippen LogP contribution in [0.4, 0.5) is 0 Å². The molecular weight excluding hydrogens is 594 g/mol. The van der Waals surface area contributed by atoms with E-state index in [9.17, 15) is 39.6 Å². The van der Waals surface area contributed by atoms with Crippen molar-refractivity contribution in [3.63, 3.8) is 0 Å². The van der Waals surface area contributed by atoms with E-state index in [2.05, 4.69) is 12.2 Å². The summed E-state index contributed by atoms with van der Waals surface area (Å²) in [6, 6.07) is 0. The van der Waals surface area contributed by atoms with Crippen LogP contribution in [0.2, 0.25) is 0 Å². The van der Waals surface area contributed by atoms with Crippen LogP contribution in [0, 0.1) is 0 Å². The van der Waals surface area contributed by atoms with Gasteiger partial charge >= 0.3 is 23.9 Å². The summed E-state index contributed by atoms with van der Waals surface area (Å²) >= 11 is 0. The fraction of sp³-hybridized carbons (Fsp3) is 0.806. The SMILES string of the molecule is CCCC(=O)O.CCCC(=O)O.CCCC(=O)O.CCCC(=O)O.CCCCCCCC=CNC[C@H](O)[C@@H](O)[C@H](O)[C@H](O)CO. The Bertz CT molecular complexity index is 641. The number of hydrogen-bond acceptors (Lipinski definition) is 10. The van der Waals surface area contributed by atoms with Crippen molar-refractivity contribution in [2.45, 2.75) is 149 Å². The lowest BCUT2D eigenvalue weighted by Crippen LogP contribution is -2.48. The van der Waals surface area contributed by atoms with Crippen molar-refractivity contribution in [1.82, 2.24) is 5.32 Å². The number of carboxylic acids is 4. The standard InChI is InChI=1S/C15H31NO5.4C4H8O2/c1-2-3-4-5-6-7-8-9-16-10-12(18)14(20)15(21)13(19)11-17;4*1-2-3-4(5)6/h8-9,12-21H,2-7,10-11H2,1H3;4*2-3H2,1H3,(H,5,6)/t12-,13+,14+,15+;;;;/m0..../s1. The van der Waals surface area contributed by atoms with Gasteiger partial charge in [0.25, 0.3) is 0 Å². The summed E-state index contributed by atoms with van der Waals surface area (Å²) in [5.41, 5.74) is 0. The zero-order chi connectivity index (χ0) is 36.1. The zero-order valence-corrected chi connectivity index (χ0v) is 27.9. The molecule has 10 N–H and O–H groups in total. The van der Waals surface area contributed by atoms with E-state index in [1.165, 1.54) is 25.7 Å². The van der Waals surface area contributed by atoms with Crippen LogP contribution in [-0.2, 0) is 19.2 Å². The minimum absolute atomic E-state index is 0.0582. The molecular formula is C31H63NO13. The van der Waals surface area contributed by atoms with Crippen LogP contribution in [0.25, 0.3) is 0 Å². The molecule has 0 amide bonds. The Morgan fingerprint density at radius 2 is 0.911 bits per heavy atom. The molecule has 0 radical (unpaired) electrons. The maximum atomic E-state index is 9.63. The van der Waals surface area contributed by atoms with Crippen LogP contribution in [0.15, 0.2) is 12.3 Å². The molecule has 0 aromatic heterocycles. The van der Waals surface area contributed by atoms with Gasteiger partial charge in [-0.3, -0.25) is 19.2 Å². The number of carbonyl (C=O) groups is 4. The molecule has 14 nitrogen and oxygen atoms in total. The van der Waals surface area contributed by atoms with Crippen molar-refractivity contribution < 1.29 is 65.1 Å². The number of nitrogens with one attached hydrogen (secondary N) is 1. The van der Waals surface area contributed by atoms with Crippen molar-refractivity contribution in [2.75, 3.05) is 13.2 Å². The van der Waals surface area contributed by atoms with Crippen LogP contribution in [0.1, 0.15) is 125 Å². The molecule has 270 valence electrons. The highest BCUT2D eigenvalue weighted by Crippen LogP contribution is 2.06. The second kappa shape index (κ2) is 41.2. The molecule has 0 aliphatic rings. The zero-order valence-electron chi connectivity index (χ0n) is 27.9. The molecule has 14 heteroatoms. The van der Waals surface area contributed by atoms with Crippen molar-refractivity contribution in [3.8, 4) is 0 Å². The summed E-state index contributed by atoms with van der Waals surface area (Å²) in [6.07, 6.45) is 9.05.